The van der Waals surface area contributed by atoms with Gasteiger partial charge in [-0.05, 0) is 12.1 Å². The Bertz CT molecular complexity index is 245. The van der Waals surface area contributed by atoms with Crippen molar-refractivity contribution in [2.75, 3.05) is 5.01 Å². The van der Waals surface area contributed by atoms with Gasteiger partial charge in [0.2, 0.25) is 0 Å². The number of nitrogens with zero attached hydrogens (tertiary/aromatic N) is 1. The summed E-state index contributed by atoms with van der Waals surface area (Å²) >= 11 is 16.6. The van der Waals surface area contributed by atoms with Crippen LogP contribution in [0.4, 0.5) is 5.69 Å². The first-order chi connectivity index (χ1) is 5.52. The van der Waals surface area contributed by atoms with Crippen molar-refractivity contribution < 1.29 is 0 Å². The fourth-order valence-corrected chi connectivity index (χ4v) is 1.03. The second-order valence-corrected chi connectivity index (χ2v) is 4.39. The van der Waals surface area contributed by atoms with Gasteiger partial charge in [-0.15, -0.1) is 0 Å². The highest BCUT2D eigenvalue weighted by molar-refractivity contribution is 6.68. The zero-order valence-electron chi connectivity index (χ0n) is 6.05. The van der Waals surface area contributed by atoms with E-state index in [9.17, 15) is 0 Å². The van der Waals surface area contributed by atoms with Crippen molar-refractivity contribution in [2.45, 2.75) is 3.92 Å². The molecule has 0 radical (unpaired) electrons. The van der Waals surface area contributed by atoms with E-state index in [-0.39, 0.29) is 0 Å². The van der Waals surface area contributed by atoms with E-state index < -0.39 is 3.92 Å². The lowest BCUT2D eigenvalue weighted by molar-refractivity contribution is 0.890. The van der Waals surface area contributed by atoms with Gasteiger partial charge in [0.1, 0.15) is 0 Å². The molecule has 0 aliphatic carbocycles. The van der Waals surface area contributed by atoms with E-state index in [2.05, 4.69) is 0 Å². The number of rotatable bonds is 1. The van der Waals surface area contributed by atoms with E-state index in [0.717, 1.165) is 5.01 Å². The minimum atomic E-state index is -1.61. The van der Waals surface area contributed by atoms with Gasteiger partial charge in [0.25, 0.3) is 3.92 Å². The van der Waals surface area contributed by atoms with Crippen molar-refractivity contribution in [1.29, 1.82) is 0 Å². The van der Waals surface area contributed by atoms with Crippen LogP contribution < -0.4 is 10.9 Å². The number of nitrogens with two attached hydrogens (primary N) is 1. The number of benzene rings is 1. The van der Waals surface area contributed by atoms with Crippen molar-refractivity contribution >= 4 is 40.5 Å². The largest absolute Gasteiger partial charge is 0.281 e. The normalized spacial score (nSPS) is 11.3. The topological polar surface area (TPSA) is 29.3 Å². The van der Waals surface area contributed by atoms with Crippen molar-refractivity contribution in [2.24, 2.45) is 5.84 Å². The summed E-state index contributed by atoms with van der Waals surface area (Å²) in [6.45, 7) is 0. The molecule has 0 heterocycles. The highest BCUT2D eigenvalue weighted by Gasteiger charge is 2.26. The maximum atomic E-state index is 5.55. The summed E-state index contributed by atoms with van der Waals surface area (Å²) in [5.41, 5.74) is 0.650. The molecule has 1 rings (SSSR count). The summed E-state index contributed by atoms with van der Waals surface area (Å²) in [6, 6.07) is 8.98. The van der Waals surface area contributed by atoms with Gasteiger partial charge in [-0.1, -0.05) is 53.0 Å². The molecule has 1 aromatic rings. The van der Waals surface area contributed by atoms with Gasteiger partial charge in [0.05, 0.1) is 5.69 Å². The van der Waals surface area contributed by atoms with Gasteiger partial charge in [0.15, 0.2) is 0 Å². The number of halogens is 3. The van der Waals surface area contributed by atoms with Crippen LogP contribution in [-0.2, 0) is 0 Å². The van der Waals surface area contributed by atoms with E-state index in [1.807, 2.05) is 18.2 Å². The molecule has 0 bridgehead atoms. The second-order valence-electron chi connectivity index (χ2n) is 2.17. The molecule has 0 amide bonds. The highest BCUT2D eigenvalue weighted by atomic mass is 35.6. The summed E-state index contributed by atoms with van der Waals surface area (Å²) in [6.07, 6.45) is 0. The molecule has 66 valence electrons. The number of hydrazine groups is 1. The molecule has 0 unspecified atom stereocenters. The summed E-state index contributed by atoms with van der Waals surface area (Å²) in [5.74, 6) is 5.51. The molecule has 2 nitrogen and oxygen atoms in total. The molecule has 0 fully saturated rings. The minimum Gasteiger partial charge on any atom is -0.264 e. The molecule has 0 spiro atoms. The molecule has 0 aliphatic heterocycles. The molecular formula is C7H7Cl3N2. The van der Waals surface area contributed by atoms with Gasteiger partial charge >= 0.3 is 0 Å². The number of alkyl halides is 3. The fraction of sp³-hybridized carbons (Fsp3) is 0.143. The predicted molar refractivity (Wildman–Crippen MR) is 53.4 cm³/mol. The van der Waals surface area contributed by atoms with Crippen LogP contribution in [0.3, 0.4) is 0 Å². The van der Waals surface area contributed by atoms with E-state index in [4.69, 9.17) is 40.6 Å². The zero-order valence-corrected chi connectivity index (χ0v) is 8.31. The van der Waals surface area contributed by atoms with E-state index >= 15 is 0 Å². The standard InChI is InChI=1S/C7H7Cl3N2/c8-7(9,10)12(11)6-4-2-1-3-5-6/h1-5H,11H2. The molecular weight excluding hydrogens is 218 g/mol. The van der Waals surface area contributed by atoms with Gasteiger partial charge in [-0.3, -0.25) is 5.01 Å². The third kappa shape index (κ3) is 2.42. The van der Waals surface area contributed by atoms with Crippen LogP contribution in [-0.4, -0.2) is 3.92 Å². The van der Waals surface area contributed by atoms with Crippen LogP contribution in [0.15, 0.2) is 30.3 Å². The Morgan fingerprint density at radius 1 is 1.08 bits per heavy atom. The second kappa shape index (κ2) is 3.71. The monoisotopic (exact) mass is 224 g/mol. The first-order valence-electron chi connectivity index (χ1n) is 3.18. The first-order valence-corrected chi connectivity index (χ1v) is 4.32. The molecule has 0 aromatic heterocycles. The molecule has 0 aliphatic rings. The van der Waals surface area contributed by atoms with Crippen LogP contribution in [0.5, 0.6) is 0 Å². The average molecular weight is 226 g/mol. The van der Waals surface area contributed by atoms with E-state index in [1.165, 1.54) is 0 Å². The molecule has 0 atom stereocenters. The number of hydrogen-bond acceptors (Lipinski definition) is 2. The van der Waals surface area contributed by atoms with Crippen LogP contribution in [0.2, 0.25) is 0 Å². The SMILES string of the molecule is NN(c1ccccc1)C(Cl)(Cl)Cl. The summed E-state index contributed by atoms with van der Waals surface area (Å²) in [7, 11) is 0. The third-order valence-corrected chi connectivity index (χ3v) is 1.85. The molecule has 0 saturated carbocycles. The van der Waals surface area contributed by atoms with Crippen molar-refractivity contribution in [3.8, 4) is 0 Å². The van der Waals surface area contributed by atoms with Crippen LogP contribution in [0.25, 0.3) is 0 Å². The first kappa shape index (κ1) is 9.93. The van der Waals surface area contributed by atoms with Crippen molar-refractivity contribution in [3.05, 3.63) is 30.3 Å². The number of anilines is 1. The molecule has 1 aromatic carbocycles. The van der Waals surface area contributed by atoms with Gasteiger partial charge in [-0.2, -0.15) is 0 Å². The molecule has 5 heteroatoms. The summed E-state index contributed by atoms with van der Waals surface area (Å²) in [4.78, 5) is 0. The lowest BCUT2D eigenvalue weighted by atomic mass is 10.3. The van der Waals surface area contributed by atoms with Crippen LogP contribution >= 0.6 is 34.8 Å². The Kier molecular flexibility index (Phi) is 3.07. The van der Waals surface area contributed by atoms with E-state index in [1.54, 1.807) is 12.1 Å². The number of para-hydroxylation sites is 1. The average Bonchev–Trinajstić information content (AvgIpc) is 2.03. The van der Waals surface area contributed by atoms with Crippen molar-refractivity contribution in [3.63, 3.8) is 0 Å². The predicted octanol–water partition coefficient (Wildman–Crippen LogP) is 2.69. The van der Waals surface area contributed by atoms with Gasteiger partial charge in [-0.25, -0.2) is 5.84 Å². The third-order valence-electron chi connectivity index (χ3n) is 1.31. The Labute approximate surface area is 85.8 Å². The van der Waals surface area contributed by atoms with Crippen molar-refractivity contribution in [1.82, 2.24) is 0 Å². The molecule has 0 saturated heterocycles. The van der Waals surface area contributed by atoms with Gasteiger partial charge < -0.3 is 0 Å². The van der Waals surface area contributed by atoms with Crippen LogP contribution in [0.1, 0.15) is 0 Å². The van der Waals surface area contributed by atoms with Gasteiger partial charge in [0, 0.05) is 0 Å². The zero-order chi connectivity index (χ0) is 9.19. The lowest BCUT2D eigenvalue weighted by Crippen LogP contribution is -2.41. The Morgan fingerprint density at radius 3 is 2.00 bits per heavy atom. The fourth-order valence-electron chi connectivity index (χ4n) is 0.735. The summed E-state index contributed by atoms with van der Waals surface area (Å²) < 4.78 is -1.61. The van der Waals surface area contributed by atoms with Crippen LogP contribution in [0, 0.1) is 0 Å². The lowest BCUT2D eigenvalue weighted by Gasteiger charge is -2.25. The Hall–Kier alpha value is -0.150. The highest BCUT2D eigenvalue weighted by Crippen LogP contribution is 2.31. The molecule has 2 N–H and O–H groups in total. The maximum Gasteiger partial charge on any atom is 0.281 e. The molecule has 12 heavy (non-hydrogen) atoms. The Morgan fingerprint density at radius 2 is 1.58 bits per heavy atom. The summed E-state index contributed by atoms with van der Waals surface area (Å²) in [5, 5.41) is 1.07. The minimum absolute atomic E-state index is 0.650. The number of hydrogen-bond donors (Lipinski definition) is 1. The van der Waals surface area contributed by atoms with E-state index in [0.29, 0.717) is 5.69 Å². The maximum absolute atomic E-state index is 5.55. The Balaban J connectivity index is 2.86. The smallest absolute Gasteiger partial charge is 0.264 e. The quantitative estimate of drug-likeness (QED) is 0.345.